The molecule has 152 valence electrons. The maximum absolute atomic E-state index is 12.8. The second-order valence-corrected chi connectivity index (χ2v) is 7.76. The topological polar surface area (TPSA) is 48.6 Å². The molecule has 4 aromatic rings. The van der Waals surface area contributed by atoms with Crippen LogP contribution in [0.2, 0.25) is 0 Å². The highest BCUT2D eigenvalue weighted by molar-refractivity contribution is 5.98. The molecule has 2 heterocycles. The van der Waals surface area contributed by atoms with Crippen molar-refractivity contribution in [2.24, 2.45) is 0 Å². The van der Waals surface area contributed by atoms with Crippen molar-refractivity contribution in [2.75, 3.05) is 39.3 Å². The maximum Gasteiger partial charge on any atom is 0.270 e. The van der Waals surface area contributed by atoms with Crippen LogP contribution in [0.4, 0.5) is 0 Å². The lowest BCUT2D eigenvalue weighted by Gasteiger charge is -2.34. The molecule has 1 amide bonds. The Hall–Kier alpha value is -3.31. The Kier molecular flexibility index (Phi) is 5.11. The molecular formula is C25H25N3O2. The minimum Gasteiger partial charge on any atom is -0.492 e. The second-order valence-electron chi connectivity index (χ2n) is 7.76. The fourth-order valence-electron chi connectivity index (χ4n) is 4.08. The third-order valence-electron chi connectivity index (χ3n) is 5.82. The van der Waals surface area contributed by atoms with E-state index in [1.54, 1.807) is 0 Å². The van der Waals surface area contributed by atoms with Crippen LogP contribution in [0.1, 0.15) is 10.5 Å². The van der Waals surface area contributed by atoms with E-state index in [1.165, 1.54) is 10.8 Å². The number of aromatic amines is 1. The first-order valence-corrected chi connectivity index (χ1v) is 10.5. The molecule has 1 aromatic heterocycles. The summed E-state index contributed by atoms with van der Waals surface area (Å²) in [5.74, 6) is 0.986. The number of benzene rings is 3. The molecule has 0 bridgehead atoms. The van der Waals surface area contributed by atoms with Crippen LogP contribution in [0.15, 0.2) is 72.8 Å². The summed E-state index contributed by atoms with van der Waals surface area (Å²) in [6.45, 7) is 4.73. The summed E-state index contributed by atoms with van der Waals surface area (Å²) in [6, 6.07) is 24.5. The van der Waals surface area contributed by atoms with E-state index in [2.05, 4.69) is 34.1 Å². The lowest BCUT2D eigenvalue weighted by Crippen LogP contribution is -2.49. The zero-order chi connectivity index (χ0) is 20.3. The Morgan fingerprint density at radius 3 is 2.37 bits per heavy atom. The smallest absolute Gasteiger partial charge is 0.270 e. The number of rotatable bonds is 5. The van der Waals surface area contributed by atoms with E-state index in [1.807, 2.05) is 53.4 Å². The molecule has 5 nitrogen and oxygen atoms in total. The van der Waals surface area contributed by atoms with E-state index >= 15 is 0 Å². The quantitative estimate of drug-likeness (QED) is 0.548. The molecule has 1 fully saturated rings. The summed E-state index contributed by atoms with van der Waals surface area (Å²) in [4.78, 5) is 20.4. The highest BCUT2D eigenvalue weighted by atomic mass is 16.5. The fraction of sp³-hybridized carbons (Fsp3) is 0.240. The van der Waals surface area contributed by atoms with E-state index in [0.29, 0.717) is 12.3 Å². The average molecular weight is 399 g/mol. The number of aromatic nitrogens is 1. The van der Waals surface area contributed by atoms with Crippen molar-refractivity contribution in [1.29, 1.82) is 0 Å². The average Bonchev–Trinajstić information content (AvgIpc) is 3.23. The van der Waals surface area contributed by atoms with Crippen molar-refractivity contribution in [3.8, 4) is 5.75 Å². The number of fused-ring (bicyclic) bond motifs is 2. The molecule has 0 spiro atoms. The molecule has 1 N–H and O–H groups in total. The van der Waals surface area contributed by atoms with Crippen molar-refractivity contribution in [1.82, 2.24) is 14.8 Å². The molecular weight excluding hydrogens is 374 g/mol. The number of carbonyl (C=O) groups is 1. The van der Waals surface area contributed by atoms with Crippen LogP contribution in [-0.4, -0.2) is 60.0 Å². The van der Waals surface area contributed by atoms with Gasteiger partial charge in [0.05, 0.1) is 0 Å². The first-order chi connectivity index (χ1) is 14.8. The molecule has 30 heavy (non-hydrogen) atoms. The first kappa shape index (κ1) is 18.7. The van der Waals surface area contributed by atoms with Gasteiger partial charge in [0.1, 0.15) is 18.1 Å². The normalized spacial score (nSPS) is 15.0. The lowest BCUT2D eigenvalue weighted by molar-refractivity contribution is 0.0615. The number of ether oxygens (including phenoxy) is 1. The zero-order valence-corrected chi connectivity index (χ0v) is 16.9. The van der Waals surface area contributed by atoms with E-state index in [-0.39, 0.29) is 5.91 Å². The van der Waals surface area contributed by atoms with Gasteiger partial charge in [-0.05, 0) is 35.0 Å². The molecule has 0 aliphatic carbocycles. The number of para-hydroxylation sites is 1. The van der Waals surface area contributed by atoms with Crippen LogP contribution >= 0.6 is 0 Å². The van der Waals surface area contributed by atoms with Crippen molar-refractivity contribution >= 4 is 27.6 Å². The maximum atomic E-state index is 12.8. The summed E-state index contributed by atoms with van der Waals surface area (Å²) in [5.41, 5.74) is 1.68. The number of H-pyrrole nitrogens is 1. The number of hydrogen-bond acceptors (Lipinski definition) is 3. The van der Waals surface area contributed by atoms with Crippen molar-refractivity contribution in [2.45, 2.75) is 0 Å². The Morgan fingerprint density at radius 1 is 0.833 bits per heavy atom. The third kappa shape index (κ3) is 3.89. The highest BCUT2D eigenvalue weighted by Gasteiger charge is 2.23. The largest absolute Gasteiger partial charge is 0.492 e. The van der Waals surface area contributed by atoms with Gasteiger partial charge in [-0.15, -0.1) is 0 Å². The van der Waals surface area contributed by atoms with Crippen molar-refractivity contribution < 1.29 is 9.53 Å². The van der Waals surface area contributed by atoms with Crippen molar-refractivity contribution in [3.63, 3.8) is 0 Å². The van der Waals surface area contributed by atoms with Crippen LogP contribution < -0.4 is 4.74 Å². The Bertz CT molecular complexity index is 1140. The summed E-state index contributed by atoms with van der Waals surface area (Å²) < 4.78 is 5.97. The van der Waals surface area contributed by atoms with Crippen LogP contribution in [0, 0.1) is 0 Å². The van der Waals surface area contributed by atoms with Gasteiger partial charge >= 0.3 is 0 Å². The Balaban J connectivity index is 1.12. The van der Waals surface area contributed by atoms with Gasteiger partial charge in [-0.1, -0.05) is 48.5 Å². The Morgan fingerprint density at radius 2 is 1.57 bits per heavy atom. The molecule has 5 heteroatoms. The number of nitrogens with one attached hydrogen (secondary N) is 1. The van der Waals surface area contributed by atoms with Gasteiger partial charge in [-0.25, -0.2) is 0 Å². The van der Waals surface area contributed by atoms with Gasteiger partial charge in [0.25, 0.3) is 5.91 Å². The highest BCUT2D eigenvalue weighted by Crippen LogP contribution is 2.21. The molecule has 0 unspecified atom stereocenters. The summed E-state index contributed by atoms with van der Waals surface area (Å²) in [7, 11) is 0. The molecule has 0 saturated carbocycles. The van der Waals surface area contributed by atoms with E-state index in [0.717, 1.165) is 49.4 Å². The number of hydrogen-bond donors (Lipinski definition) is 1. The van der Waals surface area contributed by atoms with Crippen molar-refractivity contribution in [3.05, 3.63) is 78.5 Å². The molecule has 1 saturated heterocycles. The monoisotopic (exact) mass is 399 g/mol. The van der Waals surface area contributed by atoms with Crippen LogP contribution in [-0.2, 0) is 0 Å². The minimum atomic E-state index is 0.0817. The molecule has 1 aliphatic rings. The standard InChI is InChI=1S/C25H25N3O2/c29-25(24-18-21-7-3-4-8-23(21)26-24)28-13-11-27(12-14-28)15-16-30-22-10-9-19-5-1-2-6-20(19)17-22/h1-10,17-18,26H,11-16H2. The van der Waals surface area contributed by atoms with Gasteiger partial charge in [0, 0.05) is 43.6 Å². The van der Waals surface area contributed by atoms with E-state index < -0.39 is 0 Å². The summed E-state index contributed by atoms with van der Waals surface area (Å²) in [5, 5.41) is 3.49. The van der Waals surface area contributed by atoms with E-state index in [4.69, 9.17) is 4.74 Å². The Labute approximate surface area is 175 Å². The fourth-order valence-corrected chi connectivity index (χ4v) is 4.08. The van der Waals surface area contributed by atoms with Crippen LogP contribution in [0.25, 0.3) is 21.7 Å². The molecule has 0 radical (unpaired) electrons. The van der Waals surface area contributed by atoms with Crippen LogP contribution in [0.5, 0.6) is 5.75 Å². The molecule has 1 aliphatic heterocycles. The second kappa shape index (κ2) is 8.20. The number of nitrogens with zero attached hydrogens (tertiary/aromatic N) is 2. The predicted molar refractivity (Wildman–Crippen MR) is 120 cm³/mol. The lowest BCUT2D eigenvalue weighted by atomic mass is 10.1. The molecule has 0 atom stereocenters. The third-order valence-corrected chi connectivity index (χ3v) is 5.82. The molecule has 3 aromatic carbocycles. The summed E-state index contributed by atoms with van der Waals surface area (Å²) in [6.07, 6.45) is 0. The van der Waals surface area contributed by atoms with Gasteiger partial charge in [0.15, 0.2) is 0 Å². The molecule has 5 rings (SSSR count). The summed E-state index contributed by atoms with van der Waals surface area (Å²) >= 11 is 0. The van der Waals surface area contributed by atoms with Crippen LogP contribution in [0.3, 0.4) is 0 Å². The first-order valence-electron chi connectivity index (χ1n) is 10.5. The number of carbonyl (C=O) groups excluding carboxylic acids is 1. The number of piperazine rings is 1. The van der Waals surface area contributed by atoms with Gasteiger partial charge in [-0.3, -0.25) is 9.69 Å². The minimum absolute atomic E-state index is 0.0817. The number of amides is 1. The van der Waals surface area contributed by atoms with Gasteiger partial charge in [-0.2, -0.15) is 0 Å². The van der Waals surface area contributed by atoms with Gasteiger partial charge < -0.3 is 14.6 Å². The SMILES string of the molecule is O=C(c1cc2ccccc2[nH]1)N1CCN(CCOc2ccc3ccccc3c2)CC1. The predicted octanol–water partition coefficient (Wildman–Crippen LogP) is 4.16. The van der Waals surface area contributed by atoms with E-state index in [9.17, 15) is 4.79 Å². The zero-order valence-electron chi connectivity index (χ0n) is 16.9. The van der Waals surface area contributed by atoms with Gasteiger partial charge in [0.2, 0.25) is 0 Å².